The molecule has 2 aromatic rings. The van der Waals surface area contributed by atoms with Gasteiger partial charge in [-0.3, -0.25) is 0 Å². The van der Waals surface area contributed by atoms with E-state index in [2.05, 4.69) is 27.6 Å². The first-order chi connectivity index (χ1) is 13.4. The van der Waals surface area contributed by atoms with Gasteiger partial charge in [-0.15, -0.1) is 4.48 Å². The van der Waals surface area contributed by atoms with Crippen molar-refractivity contribution in [2.24, 2.45) is 4.99 Å². The van der Waals surface area contributed by atoms with E-state index in [1.165, 1.54) is 6.34 Å². The smallest absolute Gasteiger partial charge is 0.360 e. The van der Waals surface area contributed by atoms with E-state index in [1.54, 1.807) is 37.3 Å². The van der Waals surface area contributed by atoms with Crippen LogP contribution in [0, 0.1) is 6.92 Å². The number of thiol groups is 1. The van der Waals surface area contributed by atoms with Crippen molar-refractivity contribution in [3.8, 4) is 0 Å². The van der Waals surface area contributed by atoms with Gasteiger partial charge in [0.25, 0.3) is 5.82 Å². The van der Waals surface area contributed by atoms with Crippen molar-refractivity contribution in [3.05, 3.63) is 41.7 Å². The number of aliphatic hydroxyl groups is 2. The number of nitrogens with zero attached hydrogens (tertiary/aromatic N) is 4. The molecule has 2 aliphatic heterocycles. The molecule has 4 rings (SSSR count). The number of fused-ring (bicyclic) bond motifs is 1. The molecule has 1 saturated heterocycles. The maximum atomic E-state index is 13.7. The third kappa shape index (κ3) is 2.65. The number of hydrogen-bond acceptors (Lipinski definition) is 9. The number of carbonyl (C=O) groups excluding carboxylic acids is 1. The van der Waals surface area contributed by atoms with E-state index < -0.39 is 34.9 Å². The van der Waals surface area contributed by atoms with E-state index in [4.69, 9.17) is 10.5 Å². The van der Waals surface area contributed by atoms with Gasteiger partial charge in [0.15, 0.2) is 17.6 Å². The highest BCUT2D eigenvalue weighted by Gasteiger charge is 2.61. The van der Waals surface area contributed by atoms with Crippen LogP contribution in [0.5, 0.6) is 0 Å². The monoisotopic (exact) mass is 402 g/mol. The summed E-state index contributed by atoms with van der Waals surface area (Å²) >= 11 is 4.17. The summed E-state index contributed by atoms with van der Waals surface area (Å²) in [6.45, 7) is 1.65. The lowest BCUT2D eigenvalue weighted by molar-refractivity contribution is -0.0411. The van der Waals surface area contributed by atoms with E-state index in [0.29, 0.717) is 11.4 Å². The fourth-order valence-corrected chi connectivity index (χ4v) is 3.92. The van der Waals surface area contributed by atoms with Crippen molar-refractivity contribution in [1.29, 1.82) is 0 Å². The normalized spacial score (nSPS) is 31.1. The van der Waals surface area contributed by atoms with Crippen LogP contribution in [0.15, 0.2) is 35.3 Å². The molecular weight excluding hydrogens is 382 g/mol. The first-order valence-electron chi connectivity index (χ1n) is 8.71. The number of aryl methyl sites for hydroxylation is 1. The molecule has 1 fully saturated rings. The first kappa shape index (κ1) is 19.0. The van der Waals surface area contributed by atoms with Crippen LogP contribution in [0.3, 0.4) is 0 Å². The Morgan fingerprint density at radius 1 is 1.25 bits per heavy atom. The van der Waals surface area contributed by atoms with Crippen molar-refractivity contribution in [2.45, 2.75) is 31.5 Å². The average Bonchev–Trinajstić information content (AvgIpc) is 3.21. The minimum absolute atomic E-state index is 0.124. The van der Waals surface area contributed by atoms with E-state index in [0.717, 1.165) is 0 Å². The molecule has 1 aromatic carbocycles. The van der Waals surface area contributed by atoms with Gasteiger partial charge in [0.1, 0.15) is 18.0 Å². The van der Waals surface area contributed by atoms with Crippen molar-refractivity contribution in [2.75, 3.05) is 11.5 Å². The molecule has 0 bridgehead atoms. The summed E-state index contributed by atoms with van der Waals surface area (Å²) in [6, 6.07) is 8.56. The molecule has 1 aromatic heterocycles. The number of aromatic nitrogens is 2. The van der Waals surface area contributed by atoms with Gasteiger partial charge in [-0.2, -0.15) is 22.6 Å². The first-order valence-corrected chi connectivity index (χ1v) is 9.34. The number of carbonyl (C=O) groups is 1. The van der Waals surface area contributed by atoms with Crippen LogP contribution in [0.4, 0.5) is 17.3 Å². The summed E-state index contributed by atoms with van der Waals surface area (Å²) in [6.07, 6.45) is -3.15. The molecule has 146 valence electrons. The fourth-order valence-electron chi connectivity index (χ4n) is 3.62. The quantitative estimate of drug-likeness (QED) is 0.436. The van der Waals surface area contributed by atoms with Crippen LogP contribution in [-0.2, 0) is 4.74 Å². The zero-order chi connectivity index (χ0) is 20.1. The third-order valence-corrected chi connectivity index (χ3v) is 5.36. The molecule has 9 nitrogen and oxygen atoms in total. The van der Waals surface area contributed by atoms with Crippen molar-refractivity contribution >= 4 is 42.2 Å². The maximum absolute atomic E-state index is 13.7. The molecule has 4 N–H and O–H groups in total. The van der Waals surface area contributed by atoms with Gasteiger partial charge in [0.05, 0.1) is 5.56 Å². The average molecular weight is 402 g/mol. The lowest BCUT2D eigenvalue weighted by atomic mass is 10.1. The summed E-state index contributed by atoms with van der Waals surface area (Å²) in [5, 5.41) is 21.1. The van der Waals surface area contributed by atoms with Crippen molar-refractivity contribution in [3.63, 3.8) is 0 Å². The Morgan fingerprint density at radius 3 is 2.61 bits per heavy atom. The van der Waals surface area contributed by atoms with Crippen molar-refractivity contribution < 1.29 is 19.7 Å². The summed E-state index contributed by atoms with van der Waals surface area (Å²) in [5.41, 5.74) is 6.61. The number of nitrogen functional groups attached to an aromatic ring is 1. The zero-order valence-electron chi connectivity index (χ0n) is 15.0. The third-order valence-electron chi connectivity index (χ3n) is 5.00. The largest absolute Gasteiger partial charge is 0.387 e. The second-order valence-electron chi connectivity index (χ2n) is 6.75. The number of hydrogen-bond donors (Lipinski definition) is 4. The summed E-state index contributed by atoms with van der Waals surface area (Å²) < 4.78 is 5.23. The zero-order valence-corrected chi connectivity index (χ0v) is 15.9. The summed E-state index contributed by atoms with van der Waals surface area (Å²) in [4.78, 5) is 26.5. The van der Waals surface area contributed by atoms with E-state index in [9.17, 15) is 15.0 Å². The molecular formula is C18H20N5O4S+. The second-order valence-corrected chi connectivity index (χ2v) is 7.12. The SMILES string of the molecule is Cc1nc(N)c2c(n1)[N+](C(=O)c1ccccc1)([C@@H]1O[C@H](CS)[C@@H](O)[C@H]1O)C=N2. The standard InChI is InChI=1S/C18H19N5O4S/c1-9-21-15(19)12-16(22-9)23(8-20-12,17(26)10-5-3-2-4-6-10)18-14(25)13(24)11(7-28)27-18/h2-6,8,11,13-14,18,24-25H,7H2,1H3,(H2-,19,21,22,28)/p+1/t11-,13-,14-,18-,23?/m1/s1. The van der Waals surface area contributed by atoms with Crippen LogP contribution < -0.4 is 10.2 Å². The molecule has 1 unspecified atom stereocenters. The molecule has 0 saturated carbocycles. The maximum Gasteiger partial charge on any atom is 0.360 e. The Hall–Kier alpha value is -2.37. The molecule has 3 heterocycles. The fraction of sp³-hybridized carbons (Fsp3) is 0.333. The van der Waals surface area contributed by atoms with Gasteiger partial charge in [0.2, 0.25) is 12.6 Å². The molecule has 0 aliphatic carbocycles. The number of anilines is 1. The number of aliphatic imine (C=N–C) groups is 1. The number of aliphatic hydroxyl groups excluding tert-OH is 2. The molecule has 1 amide bonds. The number of rotatable bonds is 3. The summed E-state index contributed by atoms with van der Waals surface area (Å²) in [7, 11) is 0. The second kappa shape index (κ2) is 6.90. The highest BCUT2D eigenvalue weighted by atomic mass is 32.1. The number of nitrogens with two attached hydrogens (primary N) is 1. The minimum Gasteiger partial charge on any atom is -0.387 e. The Bertz CT molecular complexity index is 956. The minimum atomic E-state index is -1.36. The highest BCUT2D eigenvalue weighted by molar-refractivity contribution is 7.80. The topological polar surface area (TPSA) is 131 Å². The Labute approximate surface area is 166 Å². The lowest BCUT2D eigenvalue weighted by Gasteiger charge is -2.33. The van der Waals surface area contributed by atoms with Gasteiger partial charge in [-0.1, -0.05) is 18.2 Å². The van der Waals surface area contributed by atoms with Gasteiger partial charge < -0.3 is 20.7 Å². The van der Waals surface area contributed by atoms with Crippen LogP contribution in [0.2, 0.25) is 0 Å². The molecule has 0 spiro atoms. The number of benzene rings is 1. The van der Waals surface area contributed by atoms with Crippen LogP contribution in [0.25, 0.3) is 0 Å². The van der Waals surface area contributed by atoms with Crippen LogP contribution in [0.1, 0.15) is 16.2 Å². The molecule has 0 radical (unpaired) electrons. The Morgan fingerprint density at radius 2 is 1.96 bits per heavy atom. The lowest BCUT2D eigenvalue weighted by Crippen LogP contribution is -2.63. The van der Waals surface area contributed by atoms with E-state index >= 15 is 0 Å². The van der Waals surface area contributed by atoms with Crippen LogP contribution in [-0.4, -0.2) is 62.7 Å². The molecule has 10 heteroatoms. The predicted molar refractivity (Wildman–Crippen MR) is 106 cm³/mol. The van der Waals surface area contributed by atoms with Gasteiger partial charge in [-0.05, 0) is 19.1 Å². The van der Waals surface area contributed by atoms with Gasteiger partial charge >= 0.3 is 5.91 Å². The molecule has 2 aliphatic rings. The van der Waals surface area contributed by atoms with E-state index in [-0.39, 0.29) is 23.1 Å². The predicted octanol–water partition coefficient (Wildman–Crippen LogP) is 0.565. The number of ether oxygens (including phenoxy) is 1. The summed E-state index contributed by atoms with van der Waals surface area (Å²) in [5.74, 6) is 0.428. The Kier molecular flexibility index (Phi) is 4.68. The highest BCUT2D eigenvalue weighted by Crippen LogP contribution is 2.45. The van der Waals surface area contributed by atoms with Gasteiger partial charge in [-0.25, -0.2) is 9.78 Å². The molecule has 28 heavy (non-hydrogen) atoms. The van der Waals surface area contributed by atoms with Crippen LogP contribution >= 0.6 is 12.6 Å². The van der Waals surface area contributed by atoms with Crippen molar-refractivity contribution in [1.82, 2.24) is 14.5 Å². The number of quaternary nitrogens is 1. The molecule has 5 atom stereocenters. The number of amides is 1. The Balaban J connectivity index is 1.93. The van der Waals surface area contributed by atoms with Gasteiger partial charge in [0, 0.05) is 5.75 Å². The van der Waals surface area contributed by atoms with E-state index in [1.807, 2.05) is 0 Å².